The summed E-state index contributed by atoms with van der Waals surface area (Å²) in [7, 11) is 0. The minimum Gasteiger partial charge on any atom is -0.394 e. The first-order valence-corrected chi connectivity index (χ1v) is 40.5. The molecular formula is C91H84Cl4F3N19O6. The molecule has 32 heteroatoms. The van der Waals surface area contributed by atoms with E-state index >= 15 is 0 Å². The normalized spacial score (nSPS) is 13.5. The van der Waals surface area contributed by atoms with E-state index < -0.39 is 0 Å². The predicted molar refractivity (Wildman–Crippen MR) is 472 cm³/mol. The van der Waals surface area contributed by atoms with Crippen molar-refractivity contribution in [3.8, 4) is 90.1 Å². The highest BCUT2D eigenvalue weighted by Crippen LogP contribution is 2.43. The van der Waals surface area contributed by atoms with E-state index in [2.05, 4.69) is 62.0 Å². The van der Waals surface area contributed by atoms with E-state index in [-0.39, 0.29) is 70.4 Å². The highest BCUT2D eigenvalue weighted by atomic mass is 35.5. The van der Waals surface area contributed by atoms with E-state index in [0.29, 0.717) is 175 Å². The Morgan fingerprint density at radius 3 is 0.927 bits per heavy atom. The zero-order valence-corrected chi connectivity index (χ0v) is 68.2. The summed E-state index contributed by atoms with van der Waals surface area (Å²) in [4.78, 5) is 31.6. The fraction of sp³-hybridized carbons (Fsp3) is 0.231. The van der Waals surface area contributed by atoms with Gasteiger partial charge in [0.15, 0.2) is 22.6 Å². The minimum atomic E-state index is -0.351. The lowest BCUT2D eigenvalue weighted by Gasteiger charge is -2.26. The van der Waals surface area contributed by atoms with Crippen molar-refractivity contribution in [2.45, 2.75) is 48.0 Å². The summed E-state index contributed by atoms with van der Waals surface area (Å²) in [6, 6.07) is 64.7. The molecule has 3 fully saturated rings. The summed E-state index contributed by atoms with van der Waals surface area (Å²) in [5.41, 5.74) is 14.3. The number of rotatable bonds is 17. The molecule has 8 aromatic carbocycles. The van der Waals surface area contributed by atoms with Crippen molar-refractivity contribution in [3.05, 3.63) is 261 Å². The largest absolute Gasteiger partial charge is 0.394 e. The van der Waals surface area contributed by atoms with Crippen molar-refractivity contribution >= 4 is 102 Å². The van der Waals surface area contributed by atoms with Crippen molar-refractivity contribution in [2.24, 2.45) is 0 Å². The number of halogens is 7. The summed E-state index contributed by atoms with van der Waals surface area (Å²) >= 11 is 27.3. The van der Waals surface area contributed by atoms with Crippen LogP contribution in [-0.4, -0.2) is 204 Å². The third-order valence-electron chi connectivity index (χ3n) is 20.6. The molecule has 0 unspecified atom stereocenters. The molecule has 0 aliphatic carbocycles. The Morgan fingerprint density at radius 1 is 0.333 bits per heavy atom. The lowest BCUT2D eigenvalue weighted by Crippen LogP contribution is -2.42. The summed E-state index contributed by atoms with van der Waals surface area (Å²) in [6.45, 7) is 11.3. The van der Waals surface area contributed by atoms with E-state index in [0.717, 1.165) is 77.2 Å². The van der Waals surface area contributed by atoms with Crippen molar-refractivity contribution in [1.29, 1.82) is 0 Å². The molecule has 3 aliphatic rings. The second-order valence-electron chi connectivity index (χ2n) is 28.4. The number of aliphatic hydroxyl groups is 1. The Morgan fingerprint density at radius 2 is 0.610 bits per heavy atom. The van der Waals surface area contributed by atoms with Crippen LogP contribution in [-0.2, 0) is 50.0 Å². The minimum absolute atomic E-state index is 0. The van der Waals surface area contributed by atoms with E-state index in [1.807, 2.05) is 151 Å². The molecule has 16 aromatic rings. The van der Waals surface area contributed by atoms with Gasteiger partial charge in [-0.2, -0.15) is 20.4 Å². The number of aryl methyl sites for hydroxylation is 1. The maximum Gasteiger partial charge on any atom is 0.244 e. The molecule has 8 aromatic heterocycles. The average Bonchev–Trinajstić information content (AvgIpc) is 1.63. The number of carbonyl (C=O) groups is 2. The van der Waals surface area contributed by atoms with E-state index in [1.54, 1.807) is 55.6 Å². The van der Waals surface area contributed by atoms with Gasteiger partial charge in [0.25, 0.3) is 0 Å². The molecule has 123 heavy (non-hydrogen) atoms. The molecule has 3 aliphatic heterocycles. The Hall–Kier alpha value is -12.4. The SMILES string of the molecule is C.C.Cc1cccc(-c2nn(CC(=O)N3CCOCC3)c3nnc(-c4ccccc4)c(Cl)c23)c1.Fc1ccc(-c2nn(CCN3CCOCC3)c3nnc(-c4ccccc4)c(Cl)c23)cc1.O=C(Cn1nc(-c2ccc(F)cc2)c2c(Cl)c(-c3ccccc3)nnc21)N1CCOCC1.OCCn1nc(-c2ccc(F)cc2)c2c(Cl)c(-c3ccccc3)nnc21. The van der Waals surface area contributed by atoms with Gasteiger partial charge in [-0.25, -0.2) is 31.9 Å². The molecule has 19 rings (SSSR count). The zero-order chi connectivity index (χ0) is 83.5. The van der Waals surface area contributed by atoms with Crippen LogP contribution in [0.25, 0.3) is 134 Å². The van der Waals surface area contributed by atoms with Gasteiger partial charge in [-0.3, -0.25) is 14.5 Å². The number of carbonyl (C=O) groups excluding carboxylic acids is 2. The standard InChI is InChI=1S/C24H22ClN5O2.C23H19ClFN5O2.C23H21ClFN5O.C19H14ClFN4O.2CH4/c1-16-6-5-9-18(14-16)22-20-21(25)23(17-7-3-2-4-8-17)26-27-24(20)30(28-22)15-19(31)29-10-12-32-13-11-29;24-20-19-21(16-6-8-17(25)9-7-16)28-30(14-18(31)29-10-12-32-13-11-29)23(19)27-26-22(20)15-4-2-1-3-5-15;24-20-19-21(17-6-8-18(25)9-7-17)28-30(11-10-29-12-14-31-15-13-29)23(19)27-26-22(20)16-4-2-1-3-5-16;20-16-15-17(13-6-8-14(21)9-7-13)24-25(10-11-26)19(15)23-22-18(16)12-4-2-1-3-5-12;;/h2-9,14H,10-13,15H2,1H3;1-9H,10-14H2;1-9H,10-15H2;1-9,26H,10-11H2;2*1H4. The maximum absolute atomic E-state index is 13.5. The number of benzene rings is 8. The van der Waals surface area contributed by atoms with E-state index in [1.165, 1.54) is 41.1 Å². The number of ether oxygens (including phenoxy) is 3. The number of aromatic nitrogens is 16. The Bertz CT molecular complexity index is 6350. The van der Waals surface area contributed by atoms with Gasteiger partial charge >= 0.3 is 0 Å². The fourth-order valence-corrected chi connectivity index (χ4v) is 15.7. The predicted octanol–water partition coefficient (Wildman–Crippen LogP) is 17.3. The van der Waals surface area contributed by atoms with Gasteiger partial charge in [0.1, 0.15) is 76.1 Å². The van der Waals surface area contributed by atoms with E-state index in [9.17, 15) is 27.9 Å². The number of fused-ring (bicyclic) bond motifs is 4. The first kappa shape index (κ1) is 87.0. The first-order chi connectivity index (χ1) is 59.1. The van der Waals surface area contributed by atoms with Gasteiger partial charge in [0, 0.05) is 90.3 Å². The van der Waals surface area contributed by atoms with Crippen LogP contribution < -0.4 is 0 Å². The lowest BCUT2D eigenvalue weighted by atomic mass is 10.1. The lowest BCUT2D eigenvalue weighted by molar-refractivity contribution is -0.136. The van der Waals surface area contributed by atoms with Crippen LogP contribution in [0.15, 0.2) is 218 Å². The number of hydrogen-bond acceptors (Lipinski definition) is 19. The van der Waals surface area contributed by atoms with Gasteiger partial charge in [-0.1, -0.05) is 206 Å². The third kappa shape index (κ3) is 19.4. The van der Waals surface area contributed by atoms with Gasteiger partial charge in [-0.15, -0.1) is 40.8 Å². The summed E-state index contributed by atoms with van der Waals surface area (Å²) < 4.78 is 63.0. The van der Waals surface area contributed by atoms with Crippen LogP contribution in [0.3, 0.4) is 0 Å². The van der Waals surface area contributed by atoms with Crippen molar-refractivity contribution in [1.82, 2.24) is 94.6 Å². The van der Waals surface area contributed by atoms with Gasteiger partial charge in [0.2, 0.25) is 11.8 Å². The maximum atomic E-state index is 13.5. The molecule has 3 saturated heterocycles. The smallest absolute Gasteiger partial charge is 0.244 e. The zero-order valence-electron chi connectivity index (χ0n) is 65.1. The molecule has 628 valence electrons. The van der Waals surface area contributed by atoms with Crippen LogP contribution in [0, 0.1) is 24.4 Å². The van der Waals surface area contributed by atoms with Gasteiger partial charge in [-0.05, 0) is 85.8 Å². The molecule has 25 nitrogen and oxygen atoms in total. The molecule has 1 N–H and O–H groups in total. The van der Waals surface area contributed by atoms with Gasteiger partial charge in [0.05, 0.1) is 101 Å². The first-order valence-electron chi connectivity index (χ1n) is 39.0. The molecule has 0 bridgehead atoms. The second-order valence-corrected chi connectivity index (χ2v) is 29.9. The van der Waals surface area contributed by atoms with Crippen LogP contribution >= 0.6 is 46.4 Å². The number of nitrogens with zero attached hydrogens (tertiary/aromatic N) is 19. The van der Waals surface area contributed by atoms with Crippen LogP contribution in [0.2, 0.25) is 20.1 Å². The number of hydrogen-bond donors (Lipinski definition) is 1. The molecule has 0 saturated carbocycles. The average molecular weight is 1740 g/mol. The highest BCUT2D eigenvalue weighted by Gasteiger charge is 2.29. The third-order valence-corrected chi connectivity index (χ3v) is 22.0. The van der Waals surface area contributed by atoms with Crippen molar-refractivity contribution in [2.75, 3.05) is 92.1 Å². The molecular weight excluding hydrogens is 1650 g/mol. The van der Waals surface area contributed by atoms with Crippen LogP contribution in [0.5, 0.6) is 0 Å². The molecule has 11 heterocycles. The monoisotopic (exact) mass is 1740 g/mol. The second kappa shape index (κ2) is 40.1. The molecule has 0 spiro atoms. The quantitative estimate of drug-likeness (QED) is 0.0887. The molecule has 0 radical (unpaired) electrons. The van der Waals surface area contributed by atoms with Crippen molar-refractivity contribution < 1.29 is 42.1 Å². The number of morpholine rings is 3. The number of aliphatic hydroxyl groups excluding tert-OH is 1. The summed E-state index contributed by atoms with van der Waals surface area (Å²) in [5.74, 6) is -1.10. The molecule has 2 amide bonds. The Balaban J connectivity index is 0.000000133. The molecule has 0 atom stereocenters. The van der Waals surface area contributed by atoms with Crippen molar-refractivity contribution in [3.63, 3.8) is 0 Å². The Labute approximate surface area is 726 Å². The van der Waals surface area contributed by atoms with Crippen LogP contribution in [0.1, 0.15) is 20.4 Å². The summed E-state index contributed by atoms with van der Waals surface area (Å²) in [5, 5.41) is 67.5. The summed E-state index contributed by atoms with van der Waals surface area (Å²) in [6.07, 6.45) is 0. The van der Waals surface area contributed by atoms with Crippen LogP contribution in [0.4, 0.5) is 13.2 Å². The van der Waals surface area contributed by atoms with E-state index in [4.69, 9.17) is 70.8 Å². The number of amides is 2. The highest BCUT2D eigenvalue weighted by molar-refractivity contribution is 6.40. The van der Waals surface area contributed by atoms with Gasteiger partial charge < -0.3 is 29.1 Å². The fourth-order valence-electron chi connectivity index (χ4n) is 14.4. The Kier molecular flexibility index (Phi) is 28.4. The topological polar surface area (TPSA) is 266 Å².